The normalized spacial score (nSPS) is 11.8. The summed E-state index contributed by atoms with van der Waals surface area (Å²) in [5, 5.41) is 0.922. The highest BCUT2D eigenvalue weighted by Gasteiger charge is 2.20. The summed E-state index contributed by atoms with van der Waals surface area (Å²) in [7, 11) is 0. The first-order valence-corrected chi connectivity index (χ1v) is 6.19. The molecule has 0 bridgehead atoms. The van der Waals surface area contributed by atoms with Gasteiger partial charge < -0.3 is 4.74 Å². The number of hydrogen-bond donors (Lipinski definition) is 0. The van der Waals surface area contributed by atoms with Crippen molar-refractivity contribution in [1.82, 2.24) is 9.55 Å². The van der Waals surface area contributed by atoms with Gasteiger partial charge in [-0.2, -0.15) is 0 Å². The van der Waals surface area contributed by atoms with Gasteiger partial charge >= 0.3 is 6.09 Å². The quantitative estimate of drug-likeness (QED) is 0.742. The molecule has 0 amide bonds. The van der Waals surface area contributed by atoms with E-state index in [-0.39, 0.29) is 0 Å². The zero-order valence-corrected chi connectivity index (χ0v) is 11.4. The molecule has 0 aromatic carbocycles. The molecular weight excluding hydrogens is 252 g/mol. The van der Waals surface area contributed by atoms with Gasteiger partial charge in [0, 0.05) is 23.7 Å². The fourth-order valence-corrected chi connectivity index (χ4v) is 1.93. The van der Waals surface area contributed by atoms with Crippen molar-refractivity contribution in [2.45, 2.75) is 32.3 Å². The van der Waals surface area contributed by atoms with Gasteiger partial charge in [0.15, 0.2) is 0 Å². The third-order valence-electron chi connectivity index (χ3n) is 2.42. The van der Waals surface area contributed by atoms with Crippen molar-refractivity contribution in [3.8, 4) is 0 Å². The summed E-state index contributed by atoms with van der Waals surface area (Å²) >= 11 is 5.87. The first-order valence-electron chi connectivity index (χ1n) is 5.65. The molecule has 2 aromatic heterocycles. The zero-order chi connectivity index (χ0) is 13.3. The Bertz CT molecular complexity index is 584. The summed E-state index contributed by atoms with van der Waals surface area (Å²) < 4.78 is 6.79. The second-order valence-corrected chi connectivity index (χ2v) is 5.30. The summed E-state index contributed by atoms with van der Waals surface area (Å²) in [6, 6.07) is 1.84. The number of hydrogen-bond acceptors (Lipinski definition) is 3. The fraction of sp³-hybridized carbons (Fsp3) is 0.385. The molecule has 18 heavy (non-hydrogen) atoms. The van der Waals surface area contributed by atoms with E-state index < -0.39 is 11.7 Å². The van der Waals surface area contributed by atoms with Crippen molar-refractivity contribution in [1.29, 1.82) is 0 Å². The lowest BCUT2D eigenvalue weighted by molar-refractivity contribution is 0.0544. The van der Waals surface area contributed by atoms with Crippen LogP contribution in [-0.2, 0) is 10.6 Å². The van der Waals surface area contributed by atoms with Gasteiger partial charge in [0.05, 0.1) is 11.7 Å². The van der Waals surface area contributed by atoms with Gasteiger partial charge in [-0.3, -0.25) is 9.55 Å². The molecule has 0 unspecified atom stereocenters. The van der Waals surface area contributed by atoms with E-state index in [1.165, 1.54) is 4.57 Å². The summed E-state index contributed by atoms with van der Waals surface area (Å²) in [4.78, 5) is 16.1. The van der Waals surface area contributed by atoms with Crippen LogP contribution in [0.4, 0.5) is 4.79 Å². The Morgan fingerprint density at radius 1 is 1.50 bits per heavy atom. The van der Waals surface area contributed by atoms with E-state index in [2.05, 4.69) is 4.98 Å². The average molecular weight is 267 g/mol. The molecule has 96 valence electrons. The van der Waals surface area contributed by atoms with Gasteiger partial charge in [0.25, 0.3) is 0 Å². The first kappa shape index (κ1) is 12.9. The highest BCUT2D eigenvalue weighted by atomic mass is 35.5. The Labute approximate surface area is 111 Å². The van der Waals surface area contributed by atoms with Crippen LogP contribution in [0, 0.1) is 0 Å². The highest BCUT2D eigenvalue weighted by Crippen LogP contribution is 2.23. The van der Waals surface area contributed by atoms with Crippen molar-refractivity contribution in [3.05, 3.63) is 30.2 Å². The Morgan fingerprint density at radius 2 is 2.22 bits per heavy atom. The number of carbonyl (C=O) groups is 1. The third kappa shape index (κ3) is 2.48. The van der Waals surface area contributed by atoms with E-state index >= 15 is 0 Å². The molecule has 0 atom stereocenters. The van der Waals surface area contributed by atoms with Gasteiger partial charge in [-0.25, -0.2) is 4.79 Å². The van der Waals surface area contributed by atoms with E-state index in [0.717, 1.165) is 10.9 Å². The zero-order valence-electron chi connectivity index (χ0n) is 10.6. The lowest BCUT2D eigenvalue weighted by Crippen LogP contribution is -2.26. The number of carbonyl (C=O) groups excluding carboxylic acids is 1. The Morgan fingerprint density at radius 3 is 2.83 bits per heavy atom. The Balaban J connectivity index is 2.48. The molecule has 0 radical (unpaired) electrons. The van der Waals surface area contributed by atoms with Crippen LogP contribution in [-0.4, -0.2) is 21.2 Å². The highest BCUT2D eigenvalue weighted by molar-refractivity contribution is 6.18. The second kappa shape index (κ2) is 4.61. The summed E-state index contributed by atoms with van der Waals surface area (Å²) in [6.45, 7) is 5.49. The van der Waals surface area contributed by atoms with Gasteiger partial charge in [-0.15, -0.1) is 11.6 Å². The molecule has 2 rings (SSSR count). The number of alkyl halides is 1. The van der Waals surface area contributed by atoms with E-state index in [4.69, 9.17) is 16.3 Å². The number of rotatable bonds is 1. The van der Waals surface area contributed by atoms with Crippen LogP contribution in [0.3, 0.4) is 0 Å². The van der Waals surface area contributed by atoms with Crippen LogP contribution in [0.2, 0.25) is 0 Å². The Hall–Kier alpha value is -1.55. The van der Waals surface area contributed by atoms with E-state index in [9.17, 15) is 4.79 Å². The van der Waals surface area contributed by atoms with E-state index in [1.54, 1.807) is 18.6 Å². The summed E-state index contributed by atoms with van der Waals surface area (Å²) in [5.41, 5.74) is 1.07. The molecule has 4 nitrogen and oxygen atoms in total. The van der Waals surface area contributed by atoms with Crippen molar-refractivity contribution < 1.29 is 9.53 Å². The van der Waals surface area contributed by atoms with Crippen molar-refractivity contribution in [2.75, 3.05) is 0 Å². The SMILES string of the molecule is CC(C)(C)OC(=O)n1cc(CCl)c2ccncc21. The number of ether oxygens (including phenoxy) is 1. The van der Waals surface area contributed by atoms with Crippen LogP contribution >= 0.6 is 11.6 Å². The topological polar surface area (TPSA) is 44.1 Å². The van der Waals surface area contributed by atoms with Gasteiger partial charge in [-0.1, -0.05) is 0 Å². The molecule has 5 heteroatoms. The largest absolute Gasteiger partial charge is 0.443 e. The van der Waals surface area contributed by atoms with E-state index in [0.29, 0.717) is 11.4 Å². The maximum atomic E-state index is 12.1. The van der Waals surface area contributed by atoms with Crippen LogP contribution in [0.5, 0.6) is 0 Å². The third-order valence-corrected chi connectivity index (χ3v) is 2.71. The number of halogens is 1. The minimum Gasteiger partial charge on any atom is -0.443 e. The fourth-order valence-electron chi connectivity index (χ4n) is 1.71. The smallest absolute Gasteiger partial charge is 0.419 e. The molecule has 0 N–H and O–H groups in total. The van der Waals surface area contributed by atoms with Gasteiger partial charge in [0.2, 0.25) is 0 Å². The van der Waals surface area contributed by atoms with Crippen LogP contribution < -0.4 is 0 Å². The minimum atomic E-state index is -0.531. The monoisotopic (exact) mass is 266 g/mol. The predicted molar refractivity (Wildman–Crippen MR) is 70.9 cm³/mol. The molecule has 0 saturated carbocycles. The molecule has 2 aromatic rings. The van der Waals surface area contributed by atoms with Gasteiger partial charge in [0.1, 0.15) is 5.60 Å². The van der Waals surface area contributed by atoms with E-state index in [1.807, 2.05) is 26.8 Å². The Kier molecular flexibility index (Phi) is 3.30. The lowest BCUT2D eigenvalue weighted by atomic mass is 10.2. The number of pyridine rings is 1. The number of fused-ring (bicyclic) bond motifs is 1. The predicted octanol–water partition coefficient (Wildman–Crippen LogP) is 3.56. The number of nitrogens with zero attached hydrogens (tertiary/aromatic N) is 2. The van der Waals surface area contributed by atoms with Crippen molar-refractivity contribution >= 4 is 28.6 Å². The molecule has 0 aliphatic carbocycles. The van der Waals surface area contributed by atoms with Crippen LogP contribution in [0.25, 0.3) is 10.9 Å². The lowest BCUT2D eigenvalue weighted by Gasteiger charge is -2.19. The average Bonchev–Trinajstić information content (AvgIpc) is 2.65. The maximum Gasteiger partial charge on any atom is 0.419 e. The molecule has 0 fully saturated rings. The molecule has 2 heterocycles. The van der Waals surface area contributed by atoms with Crippen LogP contribution in [0.15, 0.2) is 24.7 Å². The molecular formula is C13H15ClN2O2. The van der Waals surface area contributed by atoms with Crippen LogP contribution in [0.1, 0.15) is 26.3 Å². The van der Waals surface area contributed by atoms with Crippen molar-refractivity contribution in [3.63, 3.8) is 0 Å². The first-order chi connectivity index (χ1) is 8.42. The summed E-state index contributed by atoms with van der Waals surface area (Å²) in [5.74, 6) is 0.344. The van der Waals surface area contributed by atoms with Crippen molar-refractivity contribution in [2.24, 2.45) is 0 Å². The minimum absolute atomic E-state index is 0.344. The molecule has 0 aliphatic heterocycles. The molecule has 0 saturated heterocycles. The second-order valence-electron chi connectivity index (χ2n) is 5.03. The summed E-state index contributed by atoms with van der Waals surface area (Å²) in [6.07, 6.45) is 4.59. The van der Waals surface area contributed by atoms with Gasteiger partial charge in [-0.05, 0) is 32.4 Å². The molecule has 0 aliphatic rings. The number of aromatic nitrogens is 2. The standard InChI is InChI=1S/C13H15ClN2O2/c1-13(2,3)18-12(17)16-8-9(6-14)10-4-5-15-7-11(10)16/h4-5,7-8H,6H2,1-3H3. The maximum absolute atomic E-state index is 12.1. The molecule has 0 spiro atoms.